The van der Waals surface area contributed by atoms with Crippen LogP contribution in [0.4, 0.5) is 15.8 Å². The summed E-state index contributed by atoms with van der Waals surface area (Å²) < 4.78 is 18.6. The Morgan fingerprint density at radius 1 is 1.30 bits per heavy atom. The molecule has 2 aromatic carbocycles. The summed E-state index contributed by atoms with van der Waals surface area (Å²) in [7, 11) is 1.45. The van der Waals surface area contributed by atoms with Gasteiger partial charge in [-0.15, -0.1) is 0 Å². The van der Waals surface area contributed by atoms with E-state index in [1.54, 1.807) is 12.1 Å². The molecule has 0 aromatic heterocycles. The Morgan fingerprint density at radius 3 is 2.65 bits per heavy atom. The molecule has 0 fully saturated rings. The van der Waals surface area contributed by atoms with Gasteiger partial charge in [0.2, 0.25) is 0 Å². The quantitative estimate of drug-likeness (QED) is 0.854. The summed E-state index contributed by atoms with van der Waals surface area (Å²) >= 11 is 5.85. The maximum atomic E-state index is 13.6. The predicted molar refractivity (Wildman–Crippen MR) is 76.8 cm³/mol. The molecule has 6 heteroatoms. The SMILES string of the molecule is COc1cccc(C(=O)Nc2c(F)cccc2Cl)c1N. The number of ether oxygens (including phenoxy) is 1. The Bertz CT molecular complexity index is 641. The molecule has 2 rings (SSSR count). The number of rotatable bonds is 3. The van der Waals surface area contributed by atoms with Crippen LogP contribution in [0.1, 0.15) is 10.4 Å². The van der Waals surface area contributed by atoms with E-state index in [-0.39, 0.29) is 22.0 Å². The van der Waals surface area contributed by atoms with Gasteiger partial charge in [0.05, 0.1) is 29.1 Å². The van der Waals surface area contributed by atoms with Gasteiger partial charge < -0.3 is 15.8 Å². The van der Waals surface area contributed by atoms with Crippen molar-refractivity contribution in [2.24, 2.45) is 0 Å². The van der Waals surface area contributed by atoms with Gasteiger partial charge >= 0.3 is 0 Å². The van der Waals surface area contributed by atoms with Gasteiger partial charge in [0.25, 0.3) is 5.91 Å². The molecule has 104 valence electrons. The van der Waals surface area contributed by atoms with Gasteiger partial charge in [-0.1, -0.05) is 23.7 Å². The number of benzene rings is 2. The molecule has 3 N–H and O–H groups in total. The van der Waals surface area contributed by atoms with E-state index < -0.39 is 11.7 Å². The lowest BCUT2D eigenvalue weighted by molar-refractivity contribution is 0.102. The van der Waals surface area contributed by atoms with E-state index in [0.29, 0.717) is 5.75 Å². The summed E-state index contributed by atoms with van der Waals surface area (Å²) in [6, 6.07) is 8.90. The molecule has 2 aromatic rings. The van der Waals surface area contributed by atoms with Gasteiger partial charge in [0.1, 0.15) is 11.6 Å². The Balaban J connectivity index is 2.34. The van der Waals surface area contributed by atoms with Crippen LogP contribution in [0.25, 0.3) is 0 Å². The Labute approximate surface area is 120 Å². The molecule has 0 aliphatic carbocycles. The van der Waals surface area contributed by atoms with Crippen LogP contribution in [0, 0.1) is 5.82 Å². The monoisotopic (exact) mass is 294 g/mol. The number of hydrogen-bond acceptors (Lipinski definition) is 3. The van der Waals surface area contributed by atoms with E-state index in [0.717, 1.165) is 0 Å². The summed E-state index contributed by atoms with van der Waals surface area (Å²) in [5.41, 5.74) is 6.09. The molecule has 0 saturated carbocycles. The normalized spacial score (nSPS) is 10.2. The third-order valence-corrected chi connectivity index (χ3v) is 3.05. The second kappa shape index (κ2) is 5.79. The van der Waals surface area contributed by atoms with Crippen LogP contribution in [0.3, 0.4) is 0 Å². The number of nitrogen functional groups attached to an aromatic ring is 1. The van der Waals surface area contributed by atoms with Crippen molar-refractivity contribution in [3.8, 4) is 5.75 Å². The van der Waals surface area contributed by atoms with E-state index in [1.807, 2.05) is 0 Å². The molecule has 0 heterocycles. The minimum absolute atomic E-state index is 0.0820. The first kappa shape index (κ1) is 14.1. The van der Waals surface area contributed by atoms with Crippen molar-refractivity contribution in [3.05, 3.63) is 52.8 Å². The highest BCUT2D eigenvalue weighted by Gasteiger charge is 2.16. The molecule has 0 aliphatic rings. The highest BCUT2D eigenvalue weighted by molar-refractivity contribution is 6.34. The lowest BCUT2D eigenvalue weighted by atomic mass is 10.1. The van der Waals surface area contributed by atoms with Crippen LogP contribution in [0.15, 0.2) is 36.4 Å². The third-order valence-electron chi connectivity index (χ3n) is 2.73. The van der Waals surface area contributed by atoms with Crippen molar-refractivity contribution in [1.82, 2.24) is 0 Å². The molecule has 0 unspecified atom stereocenters. The van der Waals surface area contributed by atoms with Crippen LogP contribution in [-0.4, -0.2) is 13.0 Å². The van der Waals surface area contributed by atoms with Crippen LogP contribution in [0.5, 0.6) is 5.75 Å². The van der Waals surface area contributed by atoms with E-state index >= 15 is 0 Å². The molecule has 20 heavy (non-hydrogen) atoms. The van der Waals surface area contributed by atoms with Crippen molar-refractivity contribution in [2.75, 3.05) is 18.2 Å². The largest absolute Gasteiger partial charge is 0.495 e. The Hall–Kier alpha value is -2.27. The second-order valence-electron chi connectivity index (χ2n) is 3.97. The number of methoxy groups -OCH3 is 1. The standard InChI is InChI=1S/C14H12ClFN2O2/c1-20-11-7-2-4-8(12(11)17)14(19)18-13-9(15)5-3-6-10(13)16/h2-7H,17H2,1H3,(H,18,19). The van der Waals surface area contributed by atoms with Gasteiger partial charge in [-0.25, -0.2) is 4.39 Å². The van der Waals surface area contributed by atoms with Crippen molar-refractivity contribution in [3.63, 3.8) is 0 Å². The number of halogens is 2. The first-order valence-corrected chi connectivity index (χ1v) is 6.10. The van der Waals surface area contributed by atoms with Gasteiger partial charge in [-0.2, -0.15) is 0 Å². The average Bonchev–Trinajstić information content (AvgIpc) is 2.43. The number of hydrogen-bond donors (Lipinski definition) is 2. The van der Waals surface area contributed by atoms with Gasteiger partial charge in [-0.3, -0.25) is 4.79 Å². The number of carbonyl (C=O) groups is 1. The maximum absolute atomic E-state index is 13.6. The molecule has 4 nitrogen and oxygen atoms in total. The van der Waals surface area contributed by atoms with Crippen molar-refractivity contribution >= 4 is 28.9 Å². The molecule has 0 aliphatic heterocycles. The minimum atomic E-state index is -0.618. The summed E-state index contributed by atoms with van der Waals surface area (Å²) in [6.45, 7) is 0. The van der Waals surface area contributed by atoms with E-state index in [9.17, 15) is 9.18 Å². The zero-order valence-corrected chi connectivity index (χ0v) is 11.4. The van der Waals surface area contributed by atoms with Crippen LogP contribution >= 0.6 is 11.6 Å². The number of carbonyl (C=O) groups excluding carboxylic acids is 1. The lowest BCUT2D eigenvalue weighted by Crippen LogP contribution is -2.15. The number of para-hydroxylation sites is 2. The highest BCUT2D eigenvalue weighted by Crippen LogP contribution is 2.28. The fourth-order valence-electron chi connectivity index (χ4n) is 1.72. The summed E-state index contributed by atoms with van der Waals surface area (Å²) in [5, 5.41) is 2.52. The fourth-order valence-corrected chi connectivity index (χ4v) is 1.93. The number of nitrogens with one attached hydrogen (secondary N) is 1. The van der Waals surface area contributed by atoms with Crippen molar-refractivity contribution < 1.29 is 13.9 Å². The Kier molecular flexibility index (Phi) is 4.10. The topological polar surface area (TPSA) is 64.3 Å². The molecule has 0 atom stereocenters. The summed E-state index contributed by atoms with van der Waals surface area (Å²) in [5.74, 6) is -0.807. The minimum Gasteiger partial charge on any atom is -0.495 e. The summed E-state index contributed by atoms with van der Waals surface area (Å²) in [4.78, 5) is 12.1. The molecule has 0 saturated heterocycles. The lowest BCUT2D eigenvalue weighted by Gasteiger charge is -2.11. The zero-order chi connectivity index (χ0) is 14.7. The van der Waals surface area contributed by atoms with E-state index in [4.69, 9.17) is 22.1 Å². The zero-order valence-electron chi connectivity index (χ0n) is 10.6. The molecular formula is C14H12ClFN2O2. The van der Waals surface area contributed by atoms with Gasteiger partial charge in [0.15, 0.2) is 0 Å². The number of amides is 1. The fraction of sp³-hybridized carbons (Fsp3) is 0.0714. The first-order chi connectivity index (χ1) is 9.54. The summed E-state index contributed by atoms with van der Waals surface area (Å²) in [6.07, 6.45) is 0. The molecule has 0 radical (unpaired) electrons. The van der Waals surface area contributed by atoms with Crippen LogP contribution in [-0.2, 0) is 0 Å². The van der Waals surface area contributed by atoms with Crippen molar-refractivity contribution in [1.29, 1.82) is 0 Å². The number of anilines is 2. The molecule has 1 amide bonds. The van der Waals surface area contributed by atoms with E-state index in [2.05, 4.69) is 5.32 Å². The highest BCUT2D eigenvalue weighted by atomic mass is 35.5. The smallest absolute Gasteiger partial charge is 0.258 e. The van der Waals surface area contributed by atoms with Crippen LogP contribution < -0.4 is 15.8 Å². The molecular weight excluding hydrogens is 283 g/mol. The second-order valence-corrected chi connectivity index (χ2v) is 4.38. The third kappa shape index (κ3) is 2.67. The average molecular weight is 295 g/mol. The Morgan fingerprint density at radius 2 is 2.00 bits per heavy atom. The van der Waals surface area contributed by atoms with Gasteiger partial charge in [0, 0.05) is 0 Å². The van der Waals surface area contributed by atoms with E-state index in [1.165, 1.54) is 31.4 Å². The van der Waals surface area contributed by atoms with Crippen LogP contribution in [0.2, 0.25) is 5.02 Å². The predicted octanol–water partition coefficient (Wildman–Crippen LogP) is 3.32. The maximum Gasteiger partial charge on any atom is 0.258 e. The van der Waals surface area contributed by atoms with Crippen molar-refractivity contribution in [2.45, 2.75) is 0 Å². The molecule has 0 bridgehead atoms. The van der Waals surface area contributed by atoms with Gasteiger partial charge in [-0.05, 0) is 24.3 Å². The molecule has 0 spiro atoms. The first-order valence-electron chi connectivity index (χ1n) is 5.72. The number of nitrogens with two attached hydrogens (primary N) is 1.